The molecular formula is C29H33BrFN7O4. The van der Waals surface area contributed by atoms with E-state index in [9.17, 15) is 9.59 Å². The molecule has 0 aliphatic carbocycles. The number of aryl methyl sites for hydroxylation is 1. The van der Waals surface area contributed by atoms with Crippen molar-refractivity contribution in [2.45, 2.75) is 25.9 Å². The van der Waals surface area contributed by atoms with Gasteiger partial charge in [-0.15, -0.1) is 5.10 Å². The number of aromatic amines is 1. The van der Waals surface area contributed by atoms with Gasteiger partial charge >= 0.3 is 11.8 Å². The van der Waals surface area contributed by atoms with Crippen molar-refractivity contribution in [2.75, 3.05) is 38.3 Å². The highest BCUT2D eigenvalue weighted by atomic mass is 79.9. The zero-order chi connectivity index (χ0) is 30.4. The summed E-state index contributed by atoms with van der Waals surface area (Å²) in [5.41, 5.74) is 8.51. The summed E-state index contributed by atoms with van der Waals surface area (Å²) in [5, 5.41) is 19.2. The molecule has 0 radical (unpaired) electrons. The molecule has 0 saturated carbocycles. The number of carbonyl (C=O) groups is 1. The van der Waals surface area contributed by atoms with E-state index in [2.05, 4.69) is 36.6 Å². The van der Waals surface area contributed by atoms with E-state index in [0.29, 0.717) is 40.1 Å². The van der Waals surface area contributed by atoms with Gasteiger partial charge in [-0.3, -0.25) is 4.98 Å². The van der Waals surface area contributed by atoms with Crippen molar-refractivity contribution in [1.82, 2.24) is 25.0 Å². The quantitative estimate of drug-likeness (QED) is 0.142. The molecule has 0 spiro atoms. The lowest BCUT2D eigenvalue weighted by molar-refractivity contribution is 0.194. The second-order valence-electron chi connectivity index (χ2n) is 9.83. The first-order valence-corrected chi connectivity index (χ1v) is 14.0. The number of halogens is 2. The van der Waals surface area contributed by atoms with Crippen LogP contribution in [0.3, 0.4) is 0 Å². The molecule has 1 aromatic heterocycles. The molecule has 4 rings (SSSR count). The number of aromatic nitrogens is 3. The van der Waals surface area contributed by atoms with Crippen molar-refractivity contribution in [3.8, 4) is 11.4 Å². The summed E-state index contributed by atoms with van der Waals surface area (Å²) in [5.74, 6) is -0.361. The molecule has 11 nitrogen and oxygen atoms in total. The monoisotopic (exact) mass is 641 g/mol. The van der Waals surface area contributed by atoms with E-state index in [-0.39, 0.29) is 30.3 Å². The Bertz CT molecular complexity index is 1620. The van der Waals surface area contributed by atoms with Crippen LogP contribution in [-0.4, -0.2) is 58.1 Å². The van der Waals surface area contributed by atoms with Gasteiger partial charge < -0.3 is 31.1 Å². The number of nitrogens with one attached hydrogen (secondary N) is 3. The standard InChI is InChI=1S/C29H33BrFN7O4/c1-4-17-13-20(25(31)24(14-17)42-12-11-37(2)3)26(34-19-9-10-21(30)18(15-19)16-33-29(40)41)27-35-28(39)38(36-27)23-8-6-5-7-22(23)32/h5-10,13-15,26,33-34H,4,11-12,16,32H2,1-3H3,(H,40,41)(H,35,36,39). The highest BCUT2D eigenvalue weighted by molar-refractivity contribution is 9.10. The minimum atomic E-state index is -1.17. The van der Waals surface area contributed by atoms with Gasteiger partial charge in [0.05, 0.1) is 11.4 Å². The Morgan fingerprint density at radius 3 is 2.69 bits per heavy atom. The Balaban J connectivity index is 1.83. The Hall–Kier alpha value is -4.36. The van der Waals surface area contributed by atoms with Crippen LogP contribution in [-0.2, 0) is 13.0 Å². The van der Waals surface area contributed by atoms with Gasteiger partial charge in [0.15, 0.2) is 17.4 Å². The van der Waals surface area contributed by atoms with Crippen LogP contribution in [0.4, 0.5) is 20.6 Å². The van der Waals surface area contributed by atoms with Crippen LogP contribution < -0.4 is 26.8 Å². The Morgan fingerprint density at radius 1 is 1.24 bits per heavy atom. The van der Waals surface area contributed by atoms with Gasteiger partial charge in [-0.1, -0.05) is 41.1 Å². The van der Waals surface area contributed by atoms with Crippen LogP contribution in [0.2, 0.25) is 0 Å². The number of nitrogens with two attached hydrogens (primary N) is 1. The van der Waals surface area contributed by atoms with Crippen LogP contribution in [0.1, 0.15) is 35.5 Å². The lowest BCUT2D eigenvalue weighted by atomic mass is 10.00. The number of nitrogens with zero attached hydrogens (tertiary/aromatic N) is 3. The molecule has 6 N–H and O–H groups in total. The maximum absolute atomic E-state index is 16.2. The molecule has 0 aliphatic heterocycles. The second-order valence-corrected chi connectivity index (χ2v) is 10.7. The highest BCUT2D eigenvalue weighted by Crippen LogP contribution is 2.34. The Kier molecular flexibility index (Phi) is 9.86. The van der Waals surface area contributed by atoms with Crippen molar-refractivity contribution in [3.63, 3.8) is 0 Å². The minimum Gasteiger partial charge on any atom is -0.489 e. The molecule has 42 heavy (non-hydrogen) atoms. The third kappa shape index (κ3) is 7.28. The number of nitrogen functional groups attached to an aromatic ring is 1. The molecular weight excluding hydrogens is 609 g/mol. The number of hydrogen-bond acceptors (Lipinski definition) is 7. The molecule has 0 aliphatic rings. The predicted octanol–water partition coefficient (Wildman–Crippen LogP) is 4.52. The van der Waals surface area contributed by atoms with Gasteiger partial charge in [0.25, 0.3) is 0 Å². The summed E-state index contributed by atoms with van der Waals surface area (Å²) >= 11 is 3.44. The molecule has 1 atom stereocenters. The summed E-state index contributed by atoms with van der Waals surface area (Å²) < 4.78 is 23.9. The third-order valence-corrected chi connectivity index (χ3v) is 7.28. The molecule has 0 saturated heterocycles. The number of rotatable bonds is 12. The van der Waals surface area contributed by atoms with Crippen molar-refractivity contribution in [2.24, 2.45) is 0 Å². The van der Waals surface area contributed by atoms with E-state index in [0.717, 1.165) is 10.2 Å². The zero-order valence-electron chi connectivity index (χ0n) is 23.4. The molecule has 0 bridgehead atoms. The number of hydrogen-bond donors (Lipinski definition) is 5. The maximum atomic E-state index is 16.2. The van der Waals surface area contributed by atoms with Gasteiger partial charge in [0.2, 0.25) is 0 Å². The number of ether oxygens (including phenoxy) is 1. The lowest BCUT2D eigenvalue weighted by Gasteiger charge is -2.22. The van der Waals surface area contributed by atoms with E-state index in [1.54, 1.807) is 54.6 Å². The summed E-state index contributed by atoms with van der Waals surface area (Å²) in [7, 11) is 3.80. The number of amides is 1. The Morgan fingerprint density at radius 2 is 2.00 bits per heavy atom. The minimum absolute atomic E-state index is 0.0401. The fraction of sp³-hybridized carbons (Fsp3) is 0.276. The average molecular weight is 643 g/mol. The van der Waals surface area contributed by atoms with Crippen LogP contribution in [0.5, 0.6) is 5.75 Å². The van der Waals surface area contributed by atoms with Crippen molar-refractivity contribution in [3.05, 3.63) is 97.9 Å². The number of anilines is 2. The number of carboxylic acid groups (broad SMARTS) is 1. The van der Waals surface area contributed by atoms with E-state index in [4.69, 9.17) is 15.6 Å². The Labute approximate surface area is 250 Å². The predicted molar refractivity (Wildman–Crippen MR) is 163 cm³/mol. The number of benzene rings is 3. The van der Waals surface area contributed by atoms with Gasteiger partial charge in [-0.2, -0.15) is 4.68 Å². The molecule has 0 fully saturated rings. The van der Waals surface area contributed by atoms with Crippen LogP contribution in [0, 0.1) is 5.82 Å². The van der Waals surface area contributed by atoms with Gasteiger partial charge in [0, 0.05) is 28.8 Å². The fourth-order valence-corrected chi connectivity index (χ4v) is 4.67. The first-order valence-electron chi connectivity index (χ1n) is 13.2. The van der Waals surface area contributed by atoms with Gasteiger partial charge in [-0.25, -0.2) is 14.0 Å². The van der Waals surface area contributed by atoms with E-state index < -0.39 is 23.6 Å². The van der Waals surface area contributed by atoms with Crippen molar-refractivity contribution >= 4 is 33.4 Å². The average Bonchev–Trinajstić information content (AvgIpc) is 3.33. The molecule has 1 amide bonds. The topological polar surface area (TPSA) is 151 Å². The first-order chi connectivity index (χ1) is 20.1. The van der Waals surface area contributed by atoms with Crippen LogP contribution >= 0.6 is 15.9 Å². The molecule has 222 valence electrons. The molecule has 1 unspecified atom stereocenters. The molecule has 3 aromatic carbocycles. The van der Waals surface area contributed by atoms with Crippen LogP contribution in [0.15, 0.2) is 63.9 Å². The summed E-state index contributed by atoms with van der Waals surface area (Å²) in [6.45, 7) is 2.86. The number of H-pyrrole nitrogens is 1. The second kappa shape index (κ2) is 13.5. The van der Waals surface area contributed by atoms with E-state index >= 15 is 4.39 Å². The maximum Gasteiger partial charge on any atom is 0.404 e. The molecule has 13 heteroatoms. The highest BCUT2D eigenvalue weighted by Gasteiger charge is 2.26. The van der Waals surface area contributed by atoms with Crippen molar-refractivity contribution in [1.29, 1.82) is 0 Å². The summed E-state index contributed by atoms with van der Waals surface area (Å²) in [6.07, 6.45) is -0.555. The number of para-hydroxylation sites is 2. The SMILES string of the molecule is CCc1cc(OCCN(C)C)c(F)c(C(Nc2ccc(Br)c(CNC(=O)O)c2)c2nn(-c3ccccc3N)c(=O)[nH]2)c1. The third-order valence-electron chi connectivity index (χ3n) is 6.50. The fourth-order valence-electron chi connectivity index (χ4n) is 4.28. The first kappa shape index (κ1) is 30.6. The van der Waals surface area contributed by atoms with Crippen LogP contribution in [0.25, 0.3) is 5.69 Å². The largest absolute Gasteiger partial charge is 0.489 e. The number of likely N-dealkylation sites (N-methyl/N-ethyl adjacent to an activating group) is 1. The summed E-state index contributed by atoms with van der Waals surface area (Å²) in [6, 6.07) is 14.4. The van der Waals surface area contributed by atoms with E-state index in [1.165, 1.54) is 0 Å². The summed E-state index contributed by atoms with van der Waals surface area (Å²) in [4.78, 5) is 28.9. The van der Waals surface area contributed by atoms with Gasteiger partial charge in [0.1, 0.15) is 12.6 Å². The zero-order valence-corrected chi connectivity index (χ0v) is 25.0. The van der Waals surface area contributed by atoms with Crippen molar-refractivity contribution < 1.29 is 19.0 Å². The lowest BCUT2D eigenvalue weighted by Crippen LogP contribution is -2.21. The van der Waals surface area contributed by atoms with E-state index in [1.807, 2.05) is 25.9 Å². The smallest absolute Gasteiger partial charge is 0.404 e. The normalized spacial score (nSPS) is 11.9. The van der Waals surface area contributed by atoms with Gasteiger partial charge in [-0.05, 0) is 68.0 Å². The molecule has 4 aromatic rings. The molecule has 1 heterocycles.